The highest BCUT2D eigenvalue weighted by Crippen LogP contribution is 2.53. The molecular formula is C7H5F9O. The van der Waals surface area contributed by atoms with Crippen LogP contribution in [-0.2, 0) is 0 Å². The first-order valence-corrected chi connectivity index (χ1v) is 3.80. The van der Waals surface area contributed by atoms with E-state index in [2.05, 4.69) is 0 Å². The van der Waals surface area contributed by atoms with Crippen molar-refractivity contribution >= 4 is 0 Å². The Labute approximate surface area is 88.5 Å². The van der Waals surface area contributed by atoms with Crippen molar-refractivity contribution in [1.29, 1.82) is 0 Å². The summed E-state index contributed by atoms with van der Waals surface area (Å²) in [5, 5.41) is 8.02. The Balaban J connectivity index is 5.73. The molecule has 0 aromatic heterocycles. The van der Waals surface area contributed by atoms with Gasteiger partial charge in [0.05, 0.1) is 6.61 Å². The Hall–Kier alpha value is -0.930. The Morgan fingerprint density at radius 2 is 1.18 bits per heavy atom. The summed E-state index contributed by atoms with van der Waals surface area (Å²) in [7, 11) is 0. The van der Waals surface area contributed by atoms with Crippen molar-refractivity contribution in [3.8, 4) is 0 Å². The lowest BCUT2D eigenvalue weighted by atomic mass is 9.95. The highest BCUT2D eigenvalue weighted by molar-refractivity contribution is 5.16. The first-order chi connectivity index (χ1) is 7.31. The molecule has 0 radical (unpaired) electrons. The zero-order chi connectivity index (χ0) is 14.1. The third-order valence-electron chi connectivity index (χ3n) is 1.68. The summed E-state index contributed by atoms with van der Waals surface area (Å²) >= 11 is 0. The van der Waals surface area contributed by atoms with Crippen molar-refractivity contribution in [2.24, 2.45) is 0 Å². The number of aliphatic hydroxyl groups is 1. The SMILES string of the molecule is OC/C=C\C(F)(C(F)(F)F)C(F)(F)C(F)(F)F. The molecule has 0 heterocycles. The topological polar surface area (TPSA) is 20.2 Å². The van der Waals surface area contributed by atoms with Crippen molar-refractivity contribution in [3.05, 3.63) is 12.2 Å². The molecule has 0 aliphatic rings. The van der Waals surface area contributed by atoms with Gasteiger partial charge in [0.25, 0.3) is 5.67 Å². The molecule has 1 unspecified atom stereocenters. The number of rotatable bonds is 3. The Bertz CT molecular complexity index is 289. The minimum atomic E-state index is -6.73. The summed E-state index contributed by atoms with van der Waals surface area (Å²) in [6, 6.07) is 0. The van der Waals surface area contributed by atoms with Gasteiger partial charge in [-0.3, -0.25) is 0 Å². The van der Waals surface area contributed by atoms with Crippen LogP contribution in [0.4, 0.5) is 39.5 Å². The predicted molar refractivity (Wildman–Crippen MR) is 37.1 cm³/mol. The summed E-state index contributed by atoms with van der Waals surface area (Å²) in [4.78, 5) is 0. The van der Waals surface area contributed by atoms with Crippen LogP contribution in [-0.4, -0.2) is 35.7 Å². The monoisotopic (exact) mass is 276 g/mol. The number of aliphatic hydroxyl groups excluding tert-OH is 1. The lowest BCUT2D eigenvalue weighted by Crippen LogP contribution is -2.61. The molecule has 0 spiro atoms. The minimum Gasteiger partial charge on any atom is -0.392 e. The third kappa shape index (κ3) is 2.67. The van der Waals surface area contributed by atoms with E-state index >= 15 is 0 Å². The smallest absolute Gasteiger partial charge is 0.392 e. The molecule has 0 rings (SSSR count). The average Bonchev–Trinajstić information content (AvgIpc) is 2.10. The van der Waals surface area contributed by atoms with Crippen LogP contribution in [0.5, 0.6) is 0 Å². The second-order valence-electron chi connectivity index (χ2n) is 2.87. The molecule has 0 aliphatic heterocycles. The average molecular weight is 276 g/mol. The molecular weight excluding hydrogens is 271 g/mol. The van der Waals surface area contributed by atoms with E-state index in [4.69, 9.17) is 5.11 Å². The van der Waals surface area contributed by atoms with Gasteiger partial charge in [-0.25, -0.2) is 4.39 Å². The summed E-state index contributed by atoms with van der Waals surface area (Å²) < 4.78 is 109. The molecule has 0 fully saturated rings. The fraction of sp³-hybridized carbons (Fsp3) is 0.714. The van der Waals surface area contributed by atoms with Crippen LogP contribution >= 0.6 is 0 Å². The van der Waals surface area contributed by atoms with E-state index in [-0.39, 0.29) is 6.08 Å². The van der Waals surface area contributed by atoms with Gasteiger partial charge in [-0.1, -0.05) is 6.08 Å². The fourth-order valence-electron chi connectivity index (χ4n) is 0.799. The number of hydrogen-bond donors (Lipinski definition) is 1. The van der Waals surface area contributed by atoms with Gasteiger partial charge in [-0.15, -0.1) is 0 Å². The van der Waals surface area contributed by atoms with E-state index in [1.165, 1.54) is 0 Å². The Morgan fingerprint density at radius 3 is 1.41 bits per heavy atom. The summed E-state index contributed by atoms with van der Waals surface area (Å²) in [5.41, 5.74) is -5.93. The fourth-order valence-corrected chi connectivity index (χ4v) is 0.799. The van der Waals surface area contributed by atoms with Crippen LogP contribution in [0.2, 0.25) is 0 Å². The normalized spacial score (nSPS) is 18.5. The van der Waals surface area contributed by atoms with Crippen LogP contribution < -0.4 is 0 Å². The molecule has 1 N–H and O–H groups in total. The summed E-state index contributed by atoms with van der Waals surface area (Å²) in [5.74, 6) is -6.66. The van der Waals surface area contributed by atoms with E-state index in [9.17, 15) is 39.5 Å². The second kappa shape index (κ2) is 4.39. The van der Waals surface area contributed by atoms with Gasteiger partial charge in [0.2, 0.25) is 0 Å². The van der Waals surface area contributed by atoms with Crippen LogP contribution in [0.25, 0.3) is 0 Å². The molecule has 1 nitrogen and oxygen atoms in total. The molecule has 10 heteroatoms. The van der Waals surface area contributed by atoms with E-state index in [1.54, 1.807) is 0 Å². The van der Waals surface area contributed by atoms with E-state index in [0.29, 0.717) is 0 Å². The van der Waals surface area contributed by atoms with Crippen molar-refractivity contribution in [2.75, 3.05) is 6.61 Å². The maximum absolute atomic E-state index is 13.0. The van der Waals surface area contributed by atoms with Gasteiger partial charge >= 0.3 is 18.3 Å². The molecule has 102 valence electrons. The highest BCUT2D eigenvalue weighted by atomic mass is 19.4. The molecule has 0 aromatic carbocycles. The largest absolute Gasteiger partial charge is 0.457 e. The van der Waals surface area contributed by atoms with Gasteiger partial charge in [0.1, 0.15) is 0 Å². The van der Waals surface area contributed by atoms with Crippen molar-refractivity contribution in [1.82, 2.24) is 0 Å². The predicted octanol–water partition coefficient (Wildman–Crippen LogP) is 3.00. The van der Waals surface area contributed by atoms with E-state index < -0.39 is 36.6 Å². The van der Waals surface area contributed by atoms with E-state index in [0.717, 1.165) is 0 Å². The zero-order valence-corrected chi connectivity index (χ0v) is 7.71. The van der Waals surface area contributed by atoms with Crippen molar-refractivity contribution in [2.45, 2.75) is 23.9 Å². The number of alkyl halides is 9. The molecule has 17 heavy (non-hydrogen) atoms. The summed E-state index contributed by atoms with van der Waals surface area (Å²) in [6.07, 6.45) is -14.5. The maximum atomic E-state index is 13.0. The zero-order valence-electron chi connectivity index (χ0n) is 7.71. The molecule has 0 amide bonds. The third-order valence-corrected chi connectivity index (χ3v) is 1.68. The van der Waals surface area contributed by atoms with Crippen LogP contribution in [0.1, 0.15) is 0 Å². The number of hydrogen-bond acceptors (Lipinski definition) is 1. The van der Waals surface area contributed by atoms with Gasteiger partial charge in [-0.2, -0.15) is 35.1 Å². The van der Waals surface area contributed by atoms with E-state index in [1.807, 2.05) is 0 Å². The molecule has 0 aliphatic carbocycles. The standard InChI is InChI=1S/C7H5F9O/c8-4(2-1-3-17,6(11,12)13)5(9,10)7(14,15)16/h1-2,17H,3H2/b2-1-. The van der Waals surface area contributed by atoms with Crippen molar-refractivity contribution in [3.63, 3.8) is 0 Å². The molecule has 0 saturated heterocycles. The summed E-state index contributed by atoms with van der Waals surface area (Å²) in [6.45, 7) is -1.32. The van der Waals surface area contributed by atoms with Crippen LogP contribution in [0.15, 0.2) is 12.2 Å². The lowest BCUT2D eigenvalue weighted by molar-refractivity contribution is -0.369. The van der Waals surface area contributed by atoms with Crippen LogP contribution in [0, 0.1) is 0 Å². The Morgan fingerprint density at radius 1 is 0.765 bits per heavy atom. The first kappa shape index (κ1) is 16.1. The van der Waals surface area contributed by atoms with Crippen molar-refractivity contribution < 1.29 is 44.6 Å². The first-order valence-electron chi connectivity index (χ1n) is 3.80. The highest BCUT2D eigenvalue weighted by Gasteiger charge is 2.80. The van der Waals surface area contributed by atoms with Gasteiger partial charge in [0.15, 0.2) is 0 Å². The molecule has 0 bridgehead atoms. The molecule has 0 aromatic rings. The molecule has 1 atom stereocenters. The quantitative estimate of drug-likeness (QED) is 0.620. The Kier molecular flexibility index (Phi) is 4.15. The van der Waals surface area contributed by atoms with Gasteiger partial charge in [-0.05, 0) is 6.08 Å². The van der Waals surface area contributed by atoms with Gasteiger partial charge < -0.3 is 5.11 Å². The number of allylic oxidation sites excluding steroid dienone is 1. The van der Waals surface area contributed by atoms with Gasteiger partial charge in [0, 0.05) is 0 Å². The lowest BCUT2D eigenvalue weighted by Gasteiger charge is -2.33. The maximum Gasteiger partial charge on any atom is 0.457 e. The molecule has 0 saturated carbocycles. The number of halogens is 9. The second-order valence-corrected chi connectivity index (χ2v) is 2.87. The minimum absolute atomic E-state index is 0.187. The van der Waals surface area contributed by atoms with Crippen LogP contribution in [0.3, 0.4) is 0 Å².